The summed E-state index contributed by atoms with van der Waals surface area (Å²) in [6.07, 6.45) is 6.06. The minimum absolute atomic E-state index is 0.0190. The number of carbonyl (C=O) groups excluding carboxylic acids is 1. The van der Waals surface area contributed by atoms with Gasteiger partial charge in [-0.15, -0.1) is 0 Å². The van der Waals surface area contributed by atoms with Gasteiger partial charge in [0.25, 0.3) is 5.91 Å². The quantitative estimate of drug-likeness (QED) is 0.842. The van der Waals surface area contributed by atoms with E-state index in [-0.39, 0.29) is 18.5 Å². The maximum atomic E-state index is 13.1. The number of carbonyl (C=O) groups is 1. The van der Waals surface area contributed by atoms with Crippen LogP contribution < -0.4 is 5.73 Å². The van der Waals surface area contributed by atoms with Gasteiger partial charge in [0.15, 0.2) is 11.5 Å². The summed E-state index contributed by atoms with van der Waals surface area (Å²) in [5, 5.41) is 9.95. The number of aliphatic hydroxyl groups is 1. The molecule has 26 heavy (non-hydrogen) atoms. The van der Waals surface area contributed by atoms with Gasteiger partial charge in [0.05, 0.1) is 0 Å². The molecule has 1 aromatic heterocycles. The largest absolute Gasteiger partial charge is 0.396 e. The summed E-state index contributed by atoms with van der Waals surface area (Å²) in [5.74, 6) is 0.0497. The lowest BCUT2D eigenvalue weighted by Crippen LogP contribution is -2.47. The molecule has 0 bridgehead atoms. The van der Waals surface area contributed by atoms with Gasteiger partial charge in [-0.3, -0.25) is 9.69 Å². The monoisotopic (exact) mass is 351 g/mol. The van der Waals surface area contributed by atoms with E-state index in [2.05, 4.69) is 15.0 Å². The maximum absolute atomic E-state index is 13.1. The van der Waals surface area contributed by atoms with Crippen LogP contribution in [0.25, 0.3) is 11.1 Å². The fraction of sp³-hybridized carbons (Fsp3) is 0.368. The topological polar surface area (TPSA) is 105 Å². The average molecular weight is 351 g/mol. The van der Waals surface area contributed by atoms with Crippen LogP contribution in [0.1, 0.15) is 24.5 Å². The Morgan fingerprint density at radius 1 is 1.27 bits per heavy atom. The normalized spacial score (nSPS) is 27.6. The van der Waals surface area contributed by atoms with Gasteiger partial charge in [-0.25, -0.2) is 15.0 Å². The number of guanidine groups is 1. The Labute approximate surface area is 151 Å². The Balaban J connectivity index is 1.93. The lowest BCUT2D eigenvalue weighted by atomic mass is 9.64. The predicted molar refractivity (Wildman–Crippen MR) is 97.1 cm³/mol. The lowest BCUT2D eigenvalue weighted by Gasteiger charge is -2.42. The number of aliphatic imine (C=N–C) groups is 1. The third-order valence-electron chi connectivity index (χ3n) is 5.44. The van der Waals surface area contributed by atoms with E-state index in [1.54, 1.807) is 19.4 Å². The van der Waals surface area contributed by atoms with E-state index in [1.165, 1.54) is 11.2 Å². The van der Waals surface area contributed by atoms with Gasteiger partial charge in [0.2, 0.25) is 0 Å². The van der Waals surface area contributed by atoms with Crippen LogP contribution in [0.15, 0.2) is 41.9 Å². The fourth-order valence-electron chi connectivity index (χ4n) is 4.08. The first-order chi connectivity index (χ1) is 12.4. The Morgan fingerprint density at radius 3 is 2.62 bits per heavy atom. The Morgan fingerprint density at radius 2 is 2.00 bits per heavy atom. The number of aromatic nitrogens is 2. The van der Waals surface area contributed by atoms with Crippen molar-refractivity contribution in [3.63, 3.8) is 0 Å². The highest BCUT2D eigenvalue weighted by Gasteiger charge is 2.55. The van der Waals surface area contributed by atoms with Gasteiger partial charge >= 0.3 is 0 Å². The summed E-state index contributed by atoms with van der Waals surface area (Å²) in [4.78, 5) is 27.3. The van der Waals surface area contributed by atoms with E-state index in [9.17, 15) is 9.90 Å². The summed E-state index contributed by atoms with van der Waals surface area (Å²) in [7, 11) is 1.63. The predicted octanol–water partition coefficient (Wildman–Crippen LogP) is 1.07. The van der Waals surface area contributed by atoms with Crippen LogP contribution in [-0.4, -0.2) is 45.5 Å². The summed E-state index contributed by atoms with van der Waals surface area (Å²) in [6.45, 7) is 1.96. The van der Waals surface area contributed by atoms with Crippen molar-refractivity contribution in [3.05, 3.63) is 48.0 Å². The zero-order valence-electron chi connectivity index (χ0n) is 14.8. The number of nitrogens with two attached hydrogens (primary N) is 1. The fourth-order valence-corrected chi connectivity index (χ4v) is 4.08. The number of rotatable bonds is 2. The van der Waals surface area contributed by atoms with E-state index in [0.717, 1.165) is 22.3 Å². The number of fused-ring (bicyclic) bond motifs is 2. The second kappa shape index (κ2) is 5.60. The molecule has 1 aliphatic carbocycles. The number of hydrogen-bond acceptors (Lipinski definition) is 6. The first-order valence-electron chi connectivity index (χ1n) is 8.52. The molecule has 2 atom stereocenters. The molecule has 7 heteroatoms. The van der Waals surface area contributed by atoms with E-state index in [0.29, 0.717) is 12.8 Å². The molecule has 1 amide bonds. The van der Waals surface area contributed by atoms with E-state index in [1.807, 2.05) is 25.1 Å². The third-order valence-corrected chi connectivity index (χ3v) is 5.44. The van der Waals surface area contributed by atoms with Gasteiger partial charge in [-0.05, 0) is 41.0 Å². The van der Waals surface area contributed by atoms with Crippen molar-refractivity contribution in [1.29, 1.82) is 0 Å². The molecular weight excluding hydrogens is 330 g/mol. The second-order valence-corrected chi connectivity index (χ2v) is 7.52. The zero-order valence-corrected chi connectivity index (χ0v) is 14.8. The molecule has 2 aromatic rings. The lowest BCUT2D eigenvalue weighted by molar-refractivity contribution is -0.132. The number of nitrogens with zero attached hydrogens (tertiary/aromatic N) is 4. The Kier molecular flexibility index (Phi) is 3.59. The molecule has 0 radical (unpaired) electrons. The minimum Gasteiger partial charge on any atom is -0.396 e. The number of aliphatic hydroxyl groups excluding tert-OH is 1. The first kappa shape index (κ1) is 16.7. The van der Waals surface area contributed by atoms with Crippen molar-refractivity contribution < 1.29 is 9.90 Å². The summed E-state index contributed by atoms with van der Waals surface area (Å²) in [6, 6.07) is 5.98. The summed E-state index contributed by atoms with van der Waals surface area (Å²) < 4.78 is 0. The Bertz CT molecular complexity index is 913. The van der Waals surface area contributed by atoms with Gasteiger partial charge in [0, 0.05) is 31.6 Å². The zero-order chi connectivity index (χ0) is 18.5. The van der Waals surface area contributed by atoms with Crippen molar-refractivity contribution in [3.8, 4) is 11.1 Å². The van der Waals surface area contributed by atoms with Crippen molar-refractivity contribution in [2.45, 2.75) is 25.3 Å². The number of amides is 1. The highest BCUT2D eigenvalue weighted by atomic mass is 16.3. The van der Waals surface area contributed by atoms with Crippen LogP contribution in [0.3, 0.4) is 0 Å². The standard InChI is InChI=1S/C19H21N5O2/c1-18(10-25)6-13-4-3-12(14-7-21-11-22-8-14)5-15(13)19(9-18)16(26)24(2)17(20)23-19/h3-5,7-8,11,25H,6,9-10H2,1-2H3,(H2,20,23). The van der Waals surface area contributed by atoms with Crippen LogP contribution in [0.2, 0.25) is 0 Å². The molecule has 0 saturated heterocycles. The molecule has 1 aliphatic heterocycles. The molecule has 7 nitrogen and oxygen atoms in total. The number of benzene rings is 1. The van der Waals surface area contributed by atoms with Crippen LogP contribution in [0.5, 0.6) is 0 Å². The van der Waals surface area contributed by atoms with Crippen molar-refractivity contribution in [1.82, 2.24) is 14.9 Å². The maximum Gasteiger partial charge on any atom is 0.261 e. The molecule has 2 aliphatic rings. The van der Waals surface area contributed by atoms with Crippen molar-refractivity contribution in [2.75, 3.05) is 13.7 Å². The van der Waals surface area contributed by atoms with Crippen molar-refractivity contribution in [2.24, 2.45) is 16.1 Å². The minimum atomic E-state index is -1.09. The molecule has 2 unspecified atom stereocenters. The van der Waals surface area contributed by atoms with E-state index >= 15 is 0 Å². The van der Waals surface area contributed by atoms with Gasteiger partial charge < -0.3 is 10.8 Å². The first-order valence-corrected chi connectivity index (χ1v) is 8.52. The Hall–Kier alpha value is -2.80. The second-order valence-electron chi connectivity index (χ2n) is 7.52. The number of hydrogen-bond donors (Lipinski definition) is 2. The molecule has 4 rings (SSSR count). The molecule has 1 aromatic carbocycles. The van der Waals surface area contributed by atoms with Crippen molar-refractivity contribution >= 4 is 11.9 Å². The third kappa shape index (κ3) is 2.31. The molecule has 134 valence electrons. The number of likely N-dealkylation sites (N-methyl/N-ethyl adjacent to an activating group) is 1. The molecule has 0 saturated carbocycles. The van der Waals surface area contributed by atoms with E-state index < -0.39 is 11.0 Å². The highest BCUT2D eigenvalue weighted by Crippen LogP contribution is 2.50. The van der Waals surface area contributed by atoms with Crippen LogP contribution >= 0.6 is 0 Å². The SMILES string of the molecule is CN1C(=O)C2(CC(C)(CO)Cc3ccc(-c4cncnc4)cc32)N=C1N. The smallest absolute Gasteiger partial charge is 0.261 e. The van der Waals surface area contributed by atoms with Crippen LogP contribution in [0, 0.1) is 5.41 Å². The summed E-state index contributed by atoms with van der Waals surface area (Å²) in [5.41, 5.74) is 8.11. The molecule has 0 fully saturated rings. The van der Waals surface area contributed by atoms with Crippen LogP contribution in [-0.2, 0) is 16.8 Å². The molecule has 1 spiro atoms. The van der Waals surface area contributed by atoms with Gasteiger partial charge in [0.1, 0.15) is 6.33 Å². The molecule has 2 heterocycles. The van der Waals surface area contributed by atoms with Gasteiger partial charge in [-0.2, -0.15) is 0 Å². The molecule has 3 N–H and O–H groups in total. The van der Waals surface area contributed by atoms with E-state index in [4.69, 9.17) is 5.73 Å². The molecular formula is C19H21N5O2. The van der Waals surface area contributed by atoms with Crippen LogP contribution in [0.4, 0.5) is 0 Å². The average Bonchev–Trinajstić information content (AvgIpc) is 2.86. The highest BCUT2D eigenvalue weighted by molar-refractivity contribution is 6.07. The van der Waals surface area contributed by atoms with Gasteiger partial charge in [-0.1, -0.05) is 19.1 Å². The summed E-state index contributed by atoms with van der Waals surface area (Å²) >= 11 is 0.